The number of aryl methyl sites for hydroxylation is 1. The molecule has 128 valence electrons. The van der Waals surface area contributed by atoms with Crippen LogP contribution in [0.2, 0.25) is 0 Å². The molecule has 1 saturated carbocycles. The number of nitrogens with zero attached hydrogens (tertiary/aromatic N) is 2. The van der Waals surface area contributed by atoms with Gasteiger partial charge >= 0.3 is 0 Å². The van der Waals surface area contributed by atoms with Gasteiger partial charge in [0.25, 0.3) is 6.47 Å². The van der Waals surface area contributed by atoms with E-state index < -0.39 is 0 Å². The summed E-state index contributed by atoms with van der Waals surface area (Å²) in [5.74, 6) is 2.19. The van der Waals surface area contributed by atoms with Crippen LogP contribution in [0.15, 0.2) is 29.2 Å². The highest BCUT2D eigenvalue weighted by Gasteiger charge is 2.46. The molecule has 0 unspecified atom stereocenters. The van der Waals surface area contributed by atoms with Crippen molar-refractivity contribution in [2.45, 2.75) is 24.3 Å². The van der Waals surface area contributed by atoms with Gasteiger partial charge in [-0.15, -0.1) is 11.8 Å². The highest BCUT2D eigenvalue weighted by atomic mass is 32.2. The van der Waals surface area contributed by atoms with Crippen LogP contribution in [-0.4, -0.2) is 47.1 Å². The number of aromatic nitrogens is 1. The summed E-state index contributed by atoms with van der Waals surface area (Å²) >= 11 is 1.76. The van der Waals surface area contributed by atoms with Crippen LogP contribution in [0.5, 0.6) is 0 Å². The first-order valence-electron chi connectivity index (χ1n) is 8.03. The van der Waals surface area contributed by atoms with Crippen LogP contribution in [0.25, 0.3) is 10.9 Å². The van der Waals surface area contributed by atoms with Crippen molar-refractivity contribution in [2.75, 3.05) is 24.2 Å². The molecular weight excluding hydrogens is 324 g/mol. The first-order valence-corrected chi connectivity index (χ1v) is 9.26. The number of anilines is 1. The Balaban J connectivity index is 0.000000526. The first-order chi connectivity index (χ1) is 11.6. The molecule has 2 N–H and O–H groups in total. The molecule has 1 aromatic heterocycles. The third-order valence-corrected chi connectivity index (χ3v) is 5.79. The Kier molecular flexibility index (Phi) is 4.96. The summed E-state index contributed by atoms with van der Waals surface area (Å²) in [6, 6.07) is 8.69. The second kappa shape index (κ2) is 6.99. The predicted octanol–water partition coefficient (Wildman–Crippen LogP) is 2.78. The van der Waals surface area contributed by atoms with Gasteiger partial charge in [-0.25, -0.2) is 4.98 Å². The maximum Gasteiger partial charge on any atom is 0.290 e. The zero-order chi connectivity index (χ0) is 17.3. The fraction of sp³-hybridized carbons (Fsp3) is 0.444. The Bertz CT molecular complexity index is 752. The van der Waals surface area contributed by atoms with Gasteiger partial charge in [-0.3, -0.25) is 4.79 Å². The van der Waals surface area contributed by atoms with Crippen molar-refractivity contribution in [1.29, 1.82) is 0 Å². The number of hydrogen-bond acceptors (Lipinski definition) is 5. The Labute approximate surface area is 145 Å². The lowest BCUT2D eigenvalue weighted by Crippen LogP contribution is -2.39. The second-order valence-corrected chi connectivity index (χ2v) is 7.30. The molecule has 24 heavy (non-hydrogen) atoms. The smallest absolute Gasteiger partial charge is 0.290 e. The fourth-order valence-corrected chi connectivity index (χ4v) is 4.14. The largest absolute Gasteiger partial charge is 0.483 e. The van der Waals surface area contributed by atoms with Crippen molar-refractivity contribution in [1.82, 2.24) is 4.98 Å². The van der Waals surface area contributed by atoms with E-state index in [1.54, 1.807) is 11.8 Å². The van der Waals surface area contributed by atoms with Gasteiger partial charge in [0.05, 0.1) is 11.6 Å². The molecule has 0 amide bonds. The highest BCUT2D eigenvalue weighted by Crippen LogP contribution is 2.42. The number of thioether (sulfide) groups is 1. The van der Waals surface area contributed by atoms with Crippen molar-refractivity contribution < 1.29 is 15.0 Å². The van der Waals surface area contributed by atoms with Crippen molar-refractivity contribution in [3.8, 4) is 0 Å². The number of benzene rings is 1. The van der Waals surface area contributed by atoms with Gasteiger partial charge in [-0.2, -0.15) is 0 Å². The zero-order valence-electron chi connectivity index (χ0n) is 13.8. The molecule has 2 heterocycles. The van der Waals surface area contributed by atoms with Crippen LogP contribution in [0, 0.1) is 18.8 Å². The van der Waals surface area contributed by atoms with Gasteiger partial charge in [-0.05, 0) is 55.3 Å². The minimum atomic E-state index is -0.250. The molecule has 1 aliphatic heterocycles. The third-order valence-electron chi connectivity index (χ3n) is 5.06. The van der Waals surface area contributed by atoms with Gasteiger partial charge < -0.3 is 15.1 Å². The molecule has 6 heteroatoms. The van der Waals surface area contributed by atoms with E-state index in [4.69, 9.17) is 14.9 Å². The van der Waals surface area contributed by atoms with Gasteiger partial charge in [-0.1, -0.05) is 0 Å². The van der Waals surface area contributed by atoms with Crippen LogP contribution in [0.3, 0.4) is 0 Å². The predicted molar refractivity (Wildman–Crippen MR) is 96.8 cm³/mol. The van der Waals surface area contributed by atoms with E-state index in [2.05, 4.69) is 42.3 Å². The van der Waals surface area contributed by atoms with E-state index in [0.29, 0.717) is 11.8 Å². The highest BCUT2D eigenvalue weighted by molar-refractivity contribution is 7.98. The van der Waals surface area contributed by atoms with Gasteiger partial charge in [0.1, 0.15) is 5.82 Å². The number of fused-ring (bicyclic) bond motifs is 2. The molecule has 2 aliphatic rings. The third kappa shape index (κ3) is 3.08. The van der Waals surface area contributed by atoms with Crippen molar-refractivity contribution in [3.63, 3.8) is 0 Å². The molecule has 2 fully saturated rings. The molecule has 4 rings (SSSR count). The molecular formula is C18H22N2O3S. The van der Waals surface area contributed by atoms with Crippen LogP contribution in [0.4, 0.5) is 5.82 Å². The number of pyridine rings is 1. The fourth-order valence-electron chi connectivity index (χ4n) is 3.70. The number of aliphatic hydroxyl groups is 1. The van der Waals surface area contributed by atoms with Crippen molar-refractivity contribution >= 4 is 35.0 Å². The van der Waals surface area contributed by atoms with E-state index in [1.807, 2.05) is 0 Å². The van der Waals surface area contributed by atoms with Crippen molar-refractivity contribution in [3.05, 3.63) is 29.8 Å². The Hall–Kier alpha value is -1.79. The average molecular weight is 346 g/mol. The Morgan fingerprint density at radius 2 is 2.08 bits per heavy atom. The SMILES string of the molecule is CSc1ccc2nc(N3C[C@H]4C[C@@H](O)[C@H]4C3)cc(C)c2c1.O=CO. The number of carbonyl (C=O) groups is 1. The summed E-state index contributed by atoms with van der Waals surface area (Å²) < 4.78 is 0. The minimum Gasteiger partial charge on any atom is -0.483 e. The van der Waals surface area contributed by atoms with Crippen LogP contribution < -0.4 is 4.90 Å². The topological polar surface area (TPSA) is 73.7 Å². The second-order valence-electron chi connectivity index (χ2n) is 6.42. The van der Waals surface area contributed by atoms with E-state index in [-0.39, 0.29) is 12.6 Å². The molecule has 0 radical (unpaired) electrons. The van der Waals surface area contributed by atoms with E-state index >= 15 is 0 Å². The van der Waals surface area contributed by atoms with E-state index in [9.17, 15) is 5.11 Å². The van der Waals surface area contributed by atoms with Crippen LogP contribution in [-0.2, 0) is 4.79 Å². The molecule has 5 nitrogen and oxygen atoms in total. The normalized spacial score (nSPS) is 24.8. The van der Waals surface area contributed by atoms with E-state index in [0.717, 1.165) is 30.8 Å². The van der Waals surface area contributed by atoms with Gasteiger partial charge in [0.15, 0.2) is 0 Å². The van der Waals surface area contributed by atoms with Crippen molar-refractivity contribution in [2.24, 2.45) is 11.8 Å². The quantitative estimate of drug-likeness (QED) is 0.643. The average Bonchev–Trinajstić information content (AvgIpc) is 2.92. The molecule has 3 atom stereocenters. The lowest BCUT2D eigenvalue weighted by molar-refractivity contribution is -0.122. The number of hydrogen-bond donors (Lipinski definition) is 2. The summed E-state index contributed by atoms with van der Waals surface area (Å²) in [5.41, 5.74) is 2.35. The van der Waals surface area contributed by atoms with Gasteiger partial charge in [0.2, 0.25) is 0 Å². The molecule has 1 aliphatic carbocycles. The summed E-state index contributed by atoms with van der Waals surface area (Å²) in [4.78, 5) is 16.8. The zero-order valence-corrected chi connectivity index (χ0v) is 14.7. The molecule has 1 saturated heterocycles. The maximum atomic E-state index is 9.82. The van der Waals surface area contributed by atoms with Gasteiger partial charge in [0, 0.05) is 29.3 Å². The number of rotatable bonds is 2. The Morgan fingerprint density at radius 1 is 1.33 bits per heavy atom. The monoisotopic (exact) mass is 346 g/mol. The summed E-state index contributed by atoms with van der Waals surface area (Å²) in [7, 11) is 0. The molecule has 1 aromatic carbocycles. The van der Waals surface area contributed by atoms with E-state index in [1.165, 1.54) is 15.8 Å². The lowest BCUT2D eigenvalue weighted by Gasteiger charge is -2.34. The molecule has 0 spiro atoms. The number of aliphatic hydroxyl groups excluding tert-OH is 1. The summed E-state index contributed by atoms with van der Waals surface area (Å²) in [6.07, 6.45) is 2.97. The maximum absolute atomic E-state index is 9.82. The number of carboxylic acid groups (broad SMARTS) is 1. The van der Waals surface area contributed by atoms with Crippen LogP contribution in [0.1, 0.15) is 12.0 Å². The molecule has 0 bridgehead atoms. The summed E-state index contributed by atoms with van der Waals surface area (Å²) in [6.45, 7) is 3.91. The van der Waals surface area contributed by atoms with Crippen LogP contribution >= 0.6 is 11.8 Å². The first kappa shape index (κ1) is 17.0. The summed E-state index contributed by atoms with van der Waals surface area (Å²) in [5, 5.41) is 17.9. The minimum absolute atomic E-state index is 0.0920. The Morgan fingerprint density at radius 3 is 2.71 bits per heavy atom. The lowest BCUT2D eigenvalue weighted by atomic mass is 9.74. The standard InChI is InChI=1S/C17H20N2OS.CH2O2/c1-10-5-17(19-8-11-6-16(20)14(11)9-19)18-15-4-3-12(21-2)7-13(10)15;2-1-3/h3-5,7,11,14,16,20H,6,8-9H2,1-2H3;1H,(H,2,3)/t11-,14+,16-;/m1./s1. The molecule has 2 aromatic rings.